The van der Waals surface area contributed by atoms with Crippen molar-refractivity contribution in [1.82, 2.24) is 14.3 Å². The predicted octanol–water partition coefficient (Wildman–Crippen LogP) is 0.687. The summed E-state index contributed by atoms with van der Waals surface area (Å²) in [4.78, 5) is 11.2. The average molecular weight is 307 g/mol. The Morgan fingerprint density at radius 2 is 2.15 bits per heavy atom. The summed E-state index contributed by atoms with van der Waals surface area (Å²) in [7, 11) is -3.80. The van der Waals surface area contributed by atoms with Crippen LogP contribution in [0.4, 0.5) is 4.79 Å². The van der Waals surface area contributed by atoms with Crippen LogP contribution in [0.1, 0.15) is 33.6 Å². The highest BCUT2D eigenvalue weighted by atomic mass is 32.2. The molecule has 2 N–H and O–H groups in total. The topological polar surface area (TPSA) is 87.7 Å². The first kappa shape index (κ1) is 17.2. The Balaban J connectivity index is 2.54. The fourth-order valence-electron chi connectivity index (χ4n) is 2.14. The number of carbonyl (C=O) groups is 1. The second kappa shape index (κ2) is 7.80. The summed E-state index contributed by atoms with van der Waals surface area (Å²) in [5.41, 5.74) is 0. The van der Waals surface area contributed by atoms with Gasteiger partial charge in [-0.15, -0.1) is 0 Å². The van der Waals surface area contributed by atoms with Gasteiger partial charge >= 0.3 is 16.3 Å². The molecule has 0 aromatic carbocycles. The molecule has 0 radical (unpaired) electrons. The smallest absolute Gasteiger partial charge is 0.421 e. The van der Waals surface area contributed by atoms with Crippen molar-refractivity contribution in [2.45, 2.75) is 39.7 Å². The van der Waals surface area contributed by atoms with E-state index in [1.54, 1.807) is 6.92 Å². The fraction of sp³-hybridized carbons (Fsp3) is 0.917. The van der Waals surface area contributed by atoms with Gasteiger partial charge in [-0.05, 0) is 32.2 Å². The molecule has 20 heavy (non-hydrogen) atoms. The molecular formula is C12H25N3O4S. The Kier molecular flexibility index (Phi) is 6.70. The average Bonchev–Trinajstić information content (AvgIpc) is 2.36. The maximum absolute atomic E-state index is 12.0. The van der Waals surface area contributed by atoms with Crippen LogP contribution in [-0.4, -0.2) is 51.1 Å². The van der Waals surface area contributed by atoms with Crippen molar-refractivity contribution in [1.29, 1.82) is 0 Å². The van der Waals surface area contributed by atoms with Crippen LogP contribution in [0.25, 0.3) is 0 Å². The van der Waals surface area contributed by atoms with E-state index in [-0.39, 0.29) is 12.5 Å². The Labute approximate surface area is 121 Å². The molecule has 1 aliphatic heterocycles. The Bertz CT molecular complexity index is 411. The number of amides is 1. The zero-order valence-corrected chi connectivity index (χ0v) is 13.2. The lowest BCUT2D eigenvalue weighted by atomic mass is 9.99. The number of carbonyl (C=O) groups excluding carboxylic acids is 1. The van der Waals surface area contributed by atoms with Gasteiger partial charge in [0.05, 0.1) is 6.61 Å². The fourth-order valence-corrected chi connectivity index (χ4v) is 3.32. The number of hydrogen-bond donors (Lipinski definition) is 2. The van der Waals surface area contributed by atoms with E-state index in [1.165, 1.54) is 4.31 Å². The molecule has 1 aliphatic rings. The van der Waals surface area contributed by atoms with Gasteiger partial charge in [0.1, 0.15) is 0 Å². The quantitative estimate of drug-likeness (QED) is 0.754. The van der Waals surface area contributed by atoms with Crippen LogP contribution in [0.2, 0.25) is 0 Å². The van der Waals surface area contributed by atoms with Gasteiger partial charge in [-0.3, -0.25) is 0 Å². The maximum atomic E-state index is 12.0. The lowest BCUT2D eigenvalue weighted by molar-refractivity contribution is 0.157. The molecule has 1 fully saturated rings. The molecule has 0 spiro atoms. The highest BCUT2D eigenvalue weighted by Crippen LogP contribution is 2.18. The molecule has 118 valence electrons. The van der Waals surface area contributed by atoms with Gasteiger partial charge in [0.15, 0.2) is 0 Å². The molecule has 1 rings (SSSR count). The molecule has 1 atom stereocenters. The van der Waals surface area contributed by atoms with Crippen LogP contribution < -0.4 is 10.0 Å². The third-order valence-corrected chi connectivity index (χ3v) is 4.56. The summed E-state index contributed by atoms with van der Waals surface area (Å²) < 4.78 is 32.0. The van der Waals surface area contributed by atoms with E-state index in [0.717, 1.165) is 19.4 Å². The normalized spacial score (nSPS) is 20.9. The van der Waals surface area contributed by atoms with E-state index >= 15 is 0 Å². The summed E-state index contributed by atoms with van der Waals surface area (Å²) in [6.07, 6.45) is 0.870. The van der Waals surface area contributed by atoms with Gasteiger partial charge in [0.25, 0.3) is 0 Å². The van der Waals surface area contributed by atoms with Crippen LogP contribution in [0.3, 0.4) is 0 Å². The lowest BCUT2D eigenvalue weighted by Gasteiger charge is -2.32. The standard InChI is InChI=1S/C12H25N3O4S/c1-4-19-12(16)14-20(17,18)15-7-5-6-11(9-15)8-13-10(2)3/h10-11,13H,4-9H2,1-3H3,(H,14,16). The highest BCUT2D eigenvalue weighted by molar-refractivity contribution is 7.87. The maximum Gasteiger partial charge on any atom is 0.421 e. The van der Waals surface area contributed by atoms with Crippen LogP contribution in [-0.2, 0) is 14.9 Å². The van der Waals surface area contributed by atoms with Crippen LogP contribution >= 0.6 is 0 Å². The van der Waals surface area contributed by atoms with E-state index in [0.29, 0.717) is 19.1 Å². The minimum atomic E-state index is -3.80. The molecule has 7 nitrogen and oxygen atoms in total. The van der Waals surface area contributed by atoms with Crippen molar-refractivity contribution < 1.29 is 17.9 Å². The van der Waals surface area contributed by atoms with E-state index in [9.17, 15) is 13.2 Å². The van der Waals surface area contributed by atoms with Crippen molar-refractivity contribution in [3.05, 3.63) is 0 Å². The summed E-state index contributed by atoms with van der Waals surface area (Å²) in [6, 6.07) is 0.375. The number of nitrogens with zero attached hydrogens (tertiary/aromatic N) is 1. The zero-order valence-electron chi connectivity index (χ0n) is 12.4. The van der Waals surface area contributed by atoms with Gasteiger partial charge in [0.2, 0.25) is 0 Å². The molecular weight excluding hydrogens is 282 g/mol. The molecule has 1 heterocycles. The van der Waals surface area contributed by atoms with Crippen LogP contribution in [0.5, 0.6) is 0 Å². The number of rotatable bonds is 6. The number of piperidine rings is 1. The molecule has 8 heteroatoms. The first-order valence-electron chi connectivity index (χ1n) is 7.03. The van der Waals surface area contributed by atoms with Crippen molar-refractivity contribution in [2.24, 2.45) is 5.92 Å². The molecule has 1 saturated heterocycles. The predicted molar refractivity (Wildman–Crippen MR) is 76.5 cm³/mol. The van der Waals surface area contributed by atoms with Crippen molar-refractivity contribution in [3.8, 4) is 0 Å². The first-order chi connectivity index (χ1) is 9.35. The van der Waals surface area contributed by atoms with Crippen molar-refractivity contribution in [3.63, 3.8) is 0 Å². The third kappa shape index (κ3) is 5.64. The Morgan fingerprint density at radius 3 is 2.75 bits per heavy atom. The monoisotopic (exact) mass is 307 g/mol. The summed E-state index contributed by atoms with van der Waals surface area (Å²) >= 11 is 0. The molecule has 1 unspecified atom stereocenters. The second-order valence-electron chi connectivity index (χ2n) is 5.26. The van der Waals surface area contributed by atoms with Gasteiger partial charge in [-0.2, -0.15) is 12.7 Å². The van der Waals surface area contributed by atoms with E-state index in [1.807, 2.05) is 4.72 Å². The summed E-state index contributed by atoms with van der Waals surface area (Å²) in [5.74, 6) is 0.268. The SMILES string of the molecule is CCOC(=O)NS(=O)(=O)N1CCCC(CNC(C)C)C1. The highest BCUT2D eigenvalue weighted by Gasteiger charge is 2.30. The van der Waals surface area contributed by atoms with E-state index < -0.39 is 16.3 Å². The lowest BCUT2D eigenvalue weighted by Crippen LogP contribution is -2.49. The van der Waals surface area contributed by atoms with Crippen molar-refractivity contribution >= 4 is 16.3 Å². The van der Waals surface area contributed by atoms with Crippen LogP contribution in [0.15, 0.2) is 0 Å². The number of nitrogens with one attached hydrogen (secondary N) is 2. The third-order valence-electron chi connectivity index (χ3n) is 3.12. The molecule has 0 aromatic rings. The molecule has 0 bridgehead atoms. The van der Waals surface area contributed by atoms with Crippen LogP contribution in [0, 0.1) is 5.92 Å². The van der Waals surface area contributed by atoms with Crippen molar-refractivity contribution in [2.75, 3.05) is 26.2 Å². The summed E-state index contributed by atoms with van der Waals surface area (Å²) in [5, 5.41) is 3.31. The van der Waals surface area contributed by atoms with Gasteiger partial charge in [-0.1, -0.05) is 13.8 Å². The number of hydrogen-bond acceptors (Lipinski definition) is 5. The first-order valence-corrected chi connectivity index (χ1v) is 8.47. The zero-order chi connectivity index (χ0) is 15.2. The molecule has 0 saturated carbocycles. The Morgan fingerprint density at radius 1 is 1.45 bits per heavy atom. The molecule has 0 aliphatic carbocycles. The van der Waals surface area contributed by atoms with Gasteiger partial charge < -0.3 is 10.1 Å². The molecule has 1 amide bonds. The Hall–Kier alpha value is -0.860. The summed E-state index contributed by atoms with van der Waals surface area (Å²) in [6.45, 7) is 7.52. The second-order valence-corrected chi connectivity index (χ2v) is 6.93. The minimum absolute atomic E-state index is 0.141. The van der Waals surface area contributed by atoms with E-state index in [4.69, 9.17) is 0 Å². The molecule has 0 aromatic heterocycles. The largest absolute Gasteiger partial charge is 0.449 e. The number of ether oxygens (including phenoxy) is 1. The van der Waals surface area contributed by atoms with Gasteiger partial charge in [0, 0.05) is 19.1 Å². The minimum Gasteiger partial charge on any atom is -0.449 e. The van der Waals surface area contributed by atoms with E-state index in [2.05, 4.69) is 23.9 Å². The van der Waals surface area contributed by atoms with Gasteiger partial charge in [-0.25, -0.2) is 9.52 Å².